The summed E-state index contributed by atoms with van der Waals surface area (Å²) in [4.78, 5) is 21.2. The van der Waals surface area contributed by atoms with E-state index < -0.39 is 0 Å². The minimum absolute atomic E-state index is 0.0358. The Balaban J connectivity index is 1.37. The summed E-state index contributed by atoms with van der Waals surface area (Å²) in [5.74, 6) is 2.62. The van der Waals surface area contributed by atoms with E-state index >= 15 is 0 Å². The summed E-state index contributed by atoms with van der Waals surface area (Å²) in [5, 5.41) is 13.4. The van der Waals surface area contributed by atoms with Crippen molar-refractivity contribution >= 4 is 17.3 Å². The highest BCUT2D eigenvalue weighted by molar-refractivity contribution is 5.45. The lowest BCUT2D eigenvalue weighted by atomic mass is 9.96. The lowest BCUT2D eigenvalue weighted by molar-refractivity contribution is 0.473. The Morgan fingerprint density at radius 2 is 1.86 bits per heavy atom. The normalized spacial score (nSPS) is 18.0. The molecule has 3 aromatic heterocycles. The van der Waals surface area contributed by atoms with Crippen LogP contribution in [0.3, 0.4) is 0 Å². The maximum Gasteiger partial charge on any atom is 0.293 e. The molecule has 28 heavy (non-hydrogen) atoms. The molecule has 4 heterocycles. The van der Waals surface area contributed by atoms with E-state index in [2.05, 4.69) is 25.2 Å². The lowest BCUT2D eigenvalue weighted by Gasteiger charge is -2.31. The van der Waals surface area contributed by atoms with Crippen LogP contribution in [0.2, 0.25) is 0 Å². The van der Waals surface area contributed by atoms with E-state index in [1.54, 1.807) is 6.20 Å². The third-order valence-corrected chi connectivity index (χ3v) is 5.68. The average Bonchev–Trinajstić information content (AvgIpc) is 3.46. The van der Waals surface area contributed by atoms with Crippen molar-refractivity contribution < 1.29 is 0 Å². The van der Waals surface area contributed by atoms with Gasteiger partial charge in [0.2, 0.25) is 0 Å². The first-order valence-electron chi connectivity index (χ1n) is 9.83. The van der Waals surface area contributed by atoms with Crippen LogP contribution in [0.15, 0.2) is 29.3 Å². The number of anilines is 2. The van der Waals surface area contributed by atoms with Gasteiger partial charge in [-0.15, -0.1) is 15.3 Å². The van der Waals surface area contributed by atoms with Gasteiger partial charge in [-0.25, -0.2) is 4.98 Å². The van der Waals surface area contributed by atoms with E-state index in [-0.39, 0.29) is 11.5 Å². The summed E-state index contributed by atoms with van der Waals surface area (Å²) in [6.07, 6.45) is 7.54. The molecule has 5 rings (SSSR count). The van der Waals surface area contributed by atoms with Crippen LogP contribution in [0.1, 0.15) is 43.5 Å². The second-order valence-electron chi connectivity index (χ2n) is 7.87. The molecule has 1 saturated heterocycles. The van der Waals surface area contributed by atoms with Gasteiger partial charge in [0.1, 0.15) is 5.82 Å². The first-order valence-corrected chi connectivity index (χ1v) is 9.83. The quantitative estimate of drug-likeness (QED) is 0.677. The zero-order valence-corrected chi connectivity index (χ0v) is 16.2. The predicted molar refractivity (Wildman–Crippen MR) is 106 cm³/mol. The van der Waals surface area contributed by atoms with Gasteiger partial charge in [0.05, 0.1) is 0 Å². The summed E-state index contributed by atoms with van der Waals surface area (Å²) in [5.41, 5.74) is 0.800. The zero-order chi connectivity index (χ0) is 19.3. The van der Waals surface area contributed by atoms with Crippen LogP contribution < -0.4 is 15.4 Å². The van der Waals surface area contributed by atoms with Crippen molar-refractivity contribution in [3.05, 3.63) is 40.7 Å². The van der Waals surface area contributed by atoms with Gasteiger partial charge in [-0.2, -0.15) is 4.52 Å². The number of aromatic nitrogens is 6. The van der Waals surface area contributed by atoms with Gasteiger partial charge in [0, 0.05) is 51.5 Å². The standard InChI is InChI=1S/C19H24N8O/c1-24(2)16-6-5-15-21-22-17(27(15)23-16)13-7-10-25(11-8-13)18-19(28)26(12-9-20-18)14-3-4-14/h5-6,9,12-14H,3-4,7-8,10-11H2,1-2H3. The van der Waals surface area contributed by atoms with E-state index in [9.17, 15) is 4.79 Å². The Morgan fingerprint density at radius 1 is 1.07 bits per heavy atom. The van der Waals surface area contributed by atoms with Crippen LogP contribution in [0, 0.1) is 0 Å². The van der Waals surface area contributed by atoms with E-state index in [1.165, 1.54) is 0 Å². The number of piperidine rings is 1. The number of hydrogen-bond donors (Lipinski definition) is 0. The number of hydrogen-bond acceptors (Lipinski definition) is 7. The van der Waals surface area contributed by atoms with Gasteiger partial charge in [-0.05, 0) is 37.8 Å². The Morgan fingerprint density at radius 3 is 2.57 bits per heavy atom. The van der Waals surface area contributed by atoms with Crippen LogP contribution in [-0.4, -0.2) is 56.5 Å². The summed E-state index contributed by atoms with van der Waals surface area (Å²) in [7, 11) is 3.94. The summed E-state index contributed by atoms with van der Waals surface area (Å²) < 4.78 is 3.70. The highest BCUT2D eigenvalue weighted by Crippen LogP contribution is 2.34. The van der Waals surface area contributed by atoms with Crippen molar-refractivity contribution in [1.82, 2.24) is 29.4 Å². The van der Waals surface area contributed by atoms with Gasteiger partial charge in [0.25, 0.3) is 5.56 Å². The number of rotatable bonds is 4. The molecule has 1 aliphatic heterocycles. The molecule has 146 valence electrons. The molecule has 9 nitrogen and oxygen atoms in total. The lowest BCUT2D eigenvalue weighted by Crippen LogP contribution is -2.39. The first kappa shape index (κ1) is 17.2. The monoisotopic (exact) mass is 380 g/mol. The smallest absolute Gasteiger partial charge is 0.293 e. The molecule has 0 unspecified atom stereocenters. The van der Waals surface area contributed by atoms with Gasteiger partial charge in [0.15, 0.2) is 17.3 Å². The fourth-order valence-corrected chi connectivity index (χ4v) is 3.91. The van der Waals surface area contributed by atoms with Crippen LogP contribution in [0.25, 0.3) is 5.65 Å². The Labute approximate surface area is 162 Å². The third-order valence-electron chi connectivity index (χ3n) is 5.68. The molecule has 0 amide bonds. The van der Waals surface area contributed by atoms with E-state index in [4.69, 9.17) is 0 Å². The molecule has 9 heteroatoms. The molecule has 0 spiro atoms. The predicted octanol–water partition coefficient (Wildman–Crippen LogP) is 1.47. The van der Waals surface area contributed by atoms with Gasteiger partial charge in [-0.3, -0.25) is 4.79 Å². The largest absolute Gasteiger partial charge is 0.361 e. The summed E-state index contributed by atoms with van der Waals surface area (Å²) in [6.45, 7) is 1.56. The molecule has 1 aliphatic carbocycles. The molecule has 0 radical (unpaired) electrons. The van der Waals surface area contributed by atoms with Crippen molar-refractivity contribution in [2.45, 2.75) is 37.6 Å². The van der Waals surface area contributed by atoms with Crippen molar-refractivity contribution in [2.75, 3.05) is 37.0 Å². The Bertz CT molecular complexity index is 1060. The fourth-order valence-electron chi connectivity index (χ4n) is 3.91. The second kappa shape index (κ2) is 6.57. The topological polar surface area (TPSA) is 84.5 Å². The summed E-state index contributed by atoms with van der Waals surface area (Å²) >= 11 is 0. The first-order chi connectivity index (χ1) is 13.6. The van der Waals surface area contributed by atoms with Crippen molar-refractivity contribution in [1.29, 1.82) is 0 Å². The molecule has 0 bridgehead atoms. The van der Waals surface area contributed by atoms with E-state index in [1.807, 2.05) is 46.4 Å². The minimum atomic E-state index is 0.0358. The van der Waals surface area contributed by atoms with Crippen LogP contribution in [-0.2, 0) is 0 Å². The second-order valence-corrected chi connectivity index (χ2v) is 7.87. The Kier molecular flexibility index (Phi) is 4.03. The zero-order valence-electron chi connectivity index (χ0n) is 16.2. The highest BCUT2D eigenvalue weighted by Gasteiger charge is 2.29. The molecular weight excluding hydrogens is 356 g/mol. The SMILES string of the molecule is CN(C)c1ccc2nnc(C3CCN(c4nccn(C5CC5)c4=O)CC3)n2n1. The van der Waals surface area contributed by atoms with Crippen LogP contribution >= 0.6 is 0 Å². The number of fused-ring (bicyclic) bond motifs is 1. The van der Waals surface area contributed by atoms with Crippen molar-refractivity contribution in [3.8, 4) is 0 Å². The average molecular weight is 380 g/mol. The summed E-state index contributed by atoms with van der Waals surface area (Å²) in [6, 6.07) is 4.26. The molecule has 0 atom stereocenters. The molecule has 1 saturated carbocycles. The Hall–Kier alpha value is -2.97. The third kappa shape index (κ3) is 2.90. The van der Waals surface area contributed by atoms with Gasteiger partial charge < -0.3 is 14.4 Å². The van der Waals surface area contributed by atoms with Crippen LogP contribution in [0.5, 0.6) is 0 Å². The van der Waals surface area contributed by atoms with E-state index in [0.29, 0.717) is 11.9 Å². The maximum absolute atomic E-state index is 12.8. The van der Waals surface area contributed by atoms with Gasteiger partial charge >= 0.3 is 0 Å². The molecule has 0 N–H and O–H groups in total. The van der Waals surface area contributed by atoms with Crippen molar-refractivity contribution in [2.24, 2.45) is 0 Å². The molecular formula is C19H24N8O. The van der Waals surface area contributed by atoms with E-state index in [0.717, 1.165) is 56.1 Å². The van der Waals surface area contributed by atoms with Crippen LogP contribution in [0.4, 0.5) is 11.6 Å². The molecule has 0 aromatic carbocycles. The molecule has 2 aliphatic rings. The van der Waals surface area contributed by atoms with Gasteiger partial charge in [-0.1, -0.05) is 0 Å². The minimum Gasteiger partial charge on any atom is -0.361 e. The maximum atomic E-state index is 12.8. The number of nitrogens with zero attached hydrogens (tertiary/aromatic N) is 8. The molecule has 2 fully saturated rings. The molecule has 3 aromatic rings. The highest BCUT2D eigenvalue weighted by atomic mass is 16.1. The van der Waals surface area contributed by atoms with Crippen molar-refractivity contribution in [3.63, 3.8) is 0 Å². The fraction of sp³-hybridized carbons (Fsp3) is 0.526.